The number of imidazole rings is 1. The Morgan fingerprint density at radius 2 is 1.70 bits per heavy atom. The Bertz CT molecular complexity index is 1450. The Morgan fingerprint density at radius 3 is 2.33 bits per heavy atom. The van der Waals surface area contributed by atoms with Crippen LogP contribution in [0.3, 0.4) is 0 Å². The zero-order valence-corrected chi connectivity index (χ0v) is 21.6. The van der Waals surface area contributed by atoms with E-state index >= 15 is 0 Å². The van der Waals surface area contributed by atoms with E-state index in [2.05, 4.69) is 10.3 Å². The fourth-order valence-electron chi connectivity index (χ4n) is 4.06. The highest BCUT2D eigenvalue weighted by molar-refractivity contribution is 6.04. The maximum atomic E-state index is 12.7. The van der Waals surface area contributed by atoms with E-state index < -0.39 is 54.4 Å². The normalized spacial score (nSPS) is 20.3. The van der Waals surface area contributed by atoms with Crippen LogP contribution in [0, 0.1) is 0 Å². The topological polar surface area (TPSA) is 181 Å². The highest BCUT2D eigenvalue weighted by atomic mass is 16.7. The molecule has 4 rings (SSSR count). The number of esters is 3. The minimum Gasteiger partial charge on any atom is -0.476 e. The van der Waals surface area contributed by atoms with Crippen molar-refractivity contribution in [1.29, 1.82) is 0 Å². The third-order valence-corrected chi connectivity index (χ3v) is 5.75. The molecule has 1 aliphatic rings. The van der Waals surface area contributed by atoms with Gasteiger partial charge < -0.3 is 38.5 Å². The van der Waals surface area contributed by atoms with Crippen LogP contribution in [0.25, 0.3) is 5.65 Å². The van der Waals surface area contributed by atoms with Crippen molar-refractivity contribution in [3.63, 3.8) is 0 Å². The number of fused-ring (bicyclic) bond motifs is 1. The molecule has 0 aliphatic carbocycles. The van der Waals surface area contributed by atoms with Crippen LogP contribution in [0.1, 0.15) is 41.1 Å². The minimum absolute atomic E-state index is 0.0619. The van der Waals surface area contributed by atoms with Gasteiger partial charge in [-0.2, -0.15) is 0 Å². The lowest BCUT2D eigenvalue weighted by Gasteiger charge is -2.38. The molecule has 1 aromatic carbocycles. The SMILES string of the molecule is COC(=O)C1OC(Oc2ccc(C(=O)Nc3ccc4nc(C(=O)O)cn4c3)cc2)CC(OC(C)=O)C1OC(C)=O. The summed E-state index contributed by atoms with van der Waals surface area (Å²) in [6.45, 7) is 2.32. The van der Waals surface area contributed by atoms with E-state index in [4.69, 9.17) is 28.8 Å². The highest BCUT2D eigenvalue weighted by Crippen LogP contribution is 2.29. The lowest BCUT2D eigenvalue weighted by molar-refractivity contribution is -0.241. The van der Waals surface area contributed by atoms with Gasteiger partial charge in [0.15, 0.2) is 17.9 Å². The van der Waals surface area contributed by atoms with Gasteiger partial charge in [-0.25, -0.2) is 14.6 Å². The number of hydrogen-bond acceptors (Lipinski definition) is 11. The number of pyridine rings is 1. The second-order valence-electron chi connectivity index (χ2n) is 8.68. The first-order valence-electron chi connectivity index (χ1n) is 11.9. The molecular formula is C26H25N3O11. The van der Waals surface area contributed by atoms with E-state index in [9.17, 15) is 24.0 Å². The van der Waals surface area contributed by atoms with Crippen molar-refractivity contribution in [3.8, 4) is 5.75 Å². The Morgan fingerprint density at radius 1 is 1.00 bits per heavy atom. The number of carbonyl (C=O) groups excluding carboxylic acids is 4. The van der Waals surface area contributed by atoms with Gasteiger partial charge in [0.1, 0.15) is 17.5 Å². The van der Waals surface area contributed by atoms with Crippen molar-refractivity contribution in [3.05, 3.63) is 60.0 Å². The van der Waals surface area contributed by atoms with E-state index in [0.29, 0.717) is 11.3 Å². The predicted octanol–water partition coefficient (Wildman–Crippen LogP) is 1.81. The first-order chi connectivity index (χ1) is 19.0. The third-order valence-electron chi connectivity index (χ3n) is 5.75. The van der Waals surface area contributed by atoms with Crippen LogP contribution in [-0.4, -0.2) is 76.0 Å². The van der Waals surface area contributed by atoms with Crippen molar-refractivity contribution in [2.45, 2.75) is 44.9 Å². The summed E-state index contributed by atoms with van der Waals surface area (Å²) < 4.78 is 28.2. The number of methoxy groups -OCH3 is 1. The molecule has 0 spiro atoms. The molecule has 2 N–H and O–H groups in total. The number of ether oxygens (including phenoxy) is 5. The van der Waals surface area contributed by atoms with E-state index in [-0.39, 0.29) is 23.4 Å². The van der Waals surface area contributed by atoms with Gasteiger partial charge in [0.25, 0.3) is 5.91 Å². The average molecular weight is 555 g/mol. The van der Waals surface area contributed by atoms with Crippen LogP contribution in [0.15, 0.2) is 48.8 Å². The summed E-state index contributed by atoms with van der Waals surface area (Å²) in [7, 11) is 1.13. The molecule has 4 atom stereocenters. The molecule has 4 unspecified atom stereocenters. The first kappa shape index (κ1) is 28.0. The number of aromatic carboxylic acids is 1. The number of benzene rings is 1. The largest absolute Gasteiger partial charge is 0.476 e. The smallest absolute Gasteiger partial charge is 0.356 e. The molecule has 3 heterocycles. The Balaban J connectivity index is 1.44. The third kappa shape index (κ3) is 6.53. The summed E-state index contributed by atoms with van der Waals surface area (Å²) in [5.41, 5.74) is 0.982. The van der Waals surface area contributed by atoms with Crippen molar-refractivity contribution < 1.29 is 52.8 Å². The summed E-state index contributed by atoms with van der Waals surface area (Å²) >= 11 is 0. The van der Waals surface area contributed by atoms with Crippen molar-refractivity contribution in [2.24, 2.45) is 0 Å². The second kappa shape index (κ2) is 11.8. The number of carboxylic acids is 1. The number of carbonyl (C=O) groups is 5. The molecule has 1 saturated heterocycles. The molecule has 210 valence electrons. The zero-order chi connectivity index (χ0) is 29.0. The summed E-state index contributed by atoms with van der Waals surface area (Å²) in [6.07, 6.45) is -1.99. The fourth-order valence-corrected chi connectivity index (χ4v) is 4.06. The Labute approximate surface area is 226 Å². The number of hydrogen-bond donors (Lipinski definition) is 2. The van der Waals surface area contributed by atoms with Gasteiger partial charge in [-0.3, -0.25) is 14.4 Å². The van der Waals surface area contributed by atoms with Crippen LogP contribution < -0.4 is 10.1 Å². The van der Waals surface area contributed by atoms with Crippen LogP contribution in [0.5, 0.6) is 5.75 Å². The van der Waals surface area contributed by atoms with E-state index in [1.165, 1.54) is 48.0 Å². The van der Waals surface area contributed by atoms with Crippen molar-refractivity contribution >= 4 is 41.1 Å². The zero-order valence-electron chi connectivity index (χ0n) is 21.6. The molecule has 14 heteroatoms. The quantitative estimate of drug-likeness (QED) is 0.304. The predicted molar refractivity (Wildman–Crippen MR) is 134 cm³/mol. The van der Waals surface area contributed by atoms with Crippen molar-refractivity contribution in [2.75, 3.05) is 12.4 Å². The number of carboxylic acid groups (broad SMARTS) is 1. The van der Waals surface area contributed by atoms with Gasteiger partial charge in [0.05, 0.1) is 19.2 Å². The first-order valence-corrected chi connectivity index (χ1v) is 11.9. The number of anilines is 1. The minimum atomic E-state index is -1.42. The summed E-state index contributed by atoms with van der Waals surface area (Å²) in [5.74, 6) is -3.54. The number of rotatable bonds is 8. The monoisotopic (exact) mass is 555 g/mol. The van der Waals surface area contributed by atoms with Crippen LogP contribution in [0.4, 0.5) is 5.69 Å². The molecular weight excluding hydrogens is 530 g/mol. The molecule has 14 nitrogen and oxygen atoms in total. The summed E-state index contributed by atoms with van der Waals surface area (Å²) in [4.78, 5) is 63.4. The molecule has 3 aromatic rings. The molecule has 1 aliphatic heterocycles. The molecule has 1 amide bonds. The maximum Gasteiger partial charge on any atom is 0.356 e. The second-order valence-corrected chi connectivity index (χ2v) is 8.68. The van der Waals surface area contributed by atoms with Gasteiger partial charge in [0.2, 0.25) is 6.29 Å². The van der Waals surface area contributed by atoms with Crippen LogP contribution in [-0.2, 0) is 33.3 Å². The van der Waals surface area contributed by atoms with E-state index in [1.807, 2.05) is 0 Å². The number of aromatic nitrogens is 2. The van der Waals surface area contributed by atoms with Crippen molar-refractivity contribution in [1.82, 2.24) is 9.38 Å². The number of nitrogens with zero attached hydrogens (tertiary/aromatic N) is 2. The fraction of sp³-hybridized carbons (Fsp3) is 0.308. The molecule has 2 aromatic heterocycles. The highest BCUT2D eigenvalue weighted by Gasteiger charge is 2.48. The van der Waals surface area contributed by atoms with Gasteiger partial charge >= 0.3 is 23.9 Å². The summed E-state index contributed by atoms with van der Waals surface area (Å²) in [6, 6.07) is 9.15. The molecule has 0 bridgehead atoms. The van der Waals surface area contributed by atoms with E-state index in [0.717, 1.165) is 14.0 Å². The van der Waals surface area contributed by atoms with Gasteiger partial charge in [0, 0.05) is 31.8 Å². The van der Waals surface area contributed by atoms with Crippen LogP contribution >= 0.6 is 0 Å². The average Bonchev–Trinajstić information content (AvgIpc) is 3.33. The maximum absolute atomic E-state index is 12.7. The standard InChI is InChI=1S/C26H25N3O11/c1-13(30)37-19-10-21(40-23(26(35)36-3)22(19)38-14(2)31)39-17-7-4-15(5-8-17)24(32)27-16-6-9-20-28-18(25(33)34)12-29(20)11-16/h4-9,11-12,19,21-23H,10H2,1-3H3,(H,27,32)(H,33,34). The molecule has 0 radical (unpaired) electrons. The Hall–Kier alpha value is -4.98. The van der Waals surface area contributed by atoms with Gasteiger partial charge in [-0.1, -0.05) is 0 Å². The van der Waals surface area contributed by atoms with E-state index in [1.54, 1.807) is 12.1 Å². The lowest BCUT2D eigenvalue weighted by Crippen LogP contribution is -2.56. The Kier molecular flexibility index (Phi) is 8.29. The molecule has 0 saturated carbocycles. The molecule has 1 fully saturated rings. The molecule has 40 heavy (non-hydrogen) atoms. The number of nitrogens with one attached hydrogen (secondary N) is 1. The van der Waals surface area contributed by atoms with Crippen LogP contribution in [0.2, 0.25) is 0 Å². The lowest BCUT2D eigenvalue weighted by atomic mass is 10.0. The van der Waals surface area contributed by atoms with Gasteiger partial charge in [-0.15, -0.1) is 0 Å². The summed E-state index contributed by atoms with van der Waals surface area (Å²) in [5, 5.41) is 11.8. The number of amides is 1. The van der Waals surface area contributed by atoms with Gasteiger partial charge in [-0.05, 0) is 36.4 Å².